The second kappa shape index (κ2) is 8.21. The molecular formula is C21H23FN2O4. The summed E-state index contributed by atoms with van der Waals surface area (Å²) in [5.41, 5.74) is 3.23. The molecule has 1 amide bonds. The number of carbonyl (C=O) groups is 1. The molecule has 2 N–H and O–H groups in total. The Morgan fingerprint density at radius 2 is 1.75 bits per heavy atom. The van der Waals surface area contributed by atoms with Crippen LogP contribution in [0.1, 0.15) is 21.6 Å². The molecule has 0 atom stereocenters. The Balaban J connectivity index is 1.75. The maximum absolute atomic E-state index is 13.6. The van der Waals surface area contributed by atoms with E-state index in [-0.39, 0.29) is 11.7 Å². The number of hydrogen-bond donors (Lipinski definition) is 2. The Morgan fingerprint density at radius 1 is 1.07 bits per heavy atom. The van der Waals surface area contributed by atoms with Gasteiger partial charge in [-0.3, -0.25) is 4.79 Å². The van der Waals surface area contributed by atoms with Gasteiger partial charge in [0.2, 0.25) is 5.75 Å². The van der Waals surface area contributed by atoms with E-state index in [4.69, 9.17) is 14.2 Å². The van der Waals surface area contributed by atoms with E-state index in [1.165, 1.54) is 33.5 Å². The van der Waals surface area contributed by atoms with Crippen LogP contribution in [0.4, 0.5) is 4.39 Å². The van der Waals surface area contributed by atoms with E-state index in [0.717, 1.165) is 22.2 Å². The van der Waals surface area contributed by atoms with Crippen LogP contribution in [0.25, 0.3) is 10.9 Å². The molecule has 2 aromatic carbocycles. The molecule has 0 bridgehead atoms. The van der Waals surface area contributed by atoms with Crippen LogP contribution in [-0.4, -0.2) is 38.8 Å². The highest BCUT2D eigenvalue weighted by atomic mass is 19.1. The summed E-state index contributed by atoms with van der Waals surface area (Å²) < 4.78 is 29.4. The highest BCUT2D eigenvalue weighted by Gasteiger charge is 2.17. The third kappa shape index (κ3) is 3.74. The van der Waals surface area contributed by atoms with Crippen molar-refractivity contribution in [2.75, 3.05) is 27.9 Å². The van der Waals surface area contributed by atoms with Crippen molar-refractivity contribution in [1.29, 1.82) is 0 Å². The second-order valence-corrected chi connectivity index (χ2v) is 6.34. The van der Waals surface area contributed by atoms with Gasteiger partial charge in [-0.15, -0.1) is 0 Å². The first-order valence-corrected chi connectivity index (χ1v) is 8.83. The van der Waals surface area contributed by atoms with Gasteiger partial charge in [-0.2, -0.15) is 0 Å². The van der Waals surface area contributed by atoms with E-state index in [0.29, 0.717) is 35.8 Å². The number of fused-ring (bicyclic) bond motifs is 1. The number of aromatic amines is 1. The van der Waals surface area contributed by atoms with Crippen LogP contribution >= 0.6 is 0 Å². The first-order valence-electron chi connectivity index (χ1n) is 8.83. The number of H-pyrrole nitrogens is 1. The monoisotopic (exact) mass is 386 g/mol. The largest absolute Gasteiger partial charge is 0.493 e. The minimum Gasteiger partial charge on any atom is -0.493 e. The molecule has 1 aromatic heterocycles. The summed E-state index contributed by atoms with van der Waals surface area (Å²) in [5.74, 6) is 0.708. The van der Waals surface area contributed by atoms with Crippen LogP contribution in [0.2, 0.25) is 0 Å². The van der Waals surface area contributed by atoms with Crippen molar-refractivity contribution in [1.82, 2.24) is 10.3 Å². The number of halogens is 1. The van der Waals surface area contributed by atoms with Gasteiger partial charge in [-0.1, -0.05) is 0 Å². The number of ether oxygens (including phenoxy) is 3. The first kappa shape index (κ1) is 19.5. The number of rotatable bonds is 7. The number of nitrogens with one attached hydrogen (secondary N) is 2. The second-order valence-electron chi connectivity index (χ2n) is 6.34. The third-order valence-electron chi connectivity index (χ3n) is 4.67. The molecule has 148 valence electrons. The number of carbonyl (C=O) groups excluding carboxylic acids is 1. The van der Waals surface area contributed by atoms with E-state index >= 15 is 0 Å². The highest BCUT2D eigenvalue weighted by molar-refractivity contribution is 5.95. The molecule has 0 saturated carbocycles. The summed E-state index contributed by atoms with van der Waals surface area (Å²) in [7, 11) is 4.50. The van der Waals surface area contributed by atoms with Crippen LogP contribution in [-0.2, 0) is 6.42 Å². The van der Waals surface area contributed by atoms with Gasteiger partial charge in [0.1, 0.15) is 5.82 Å². The Bertz CT molecular complexity index is 988. The van der Waals surface area contributed by atoms with Gasteiger partial charge >= 0.3 is 0 Å². The van der Waals surface area contributed by atoms with Gasteiger partial charge in [0, 0.05) is 28.7 Å². The molecule has 0 spiro atoms. The van der Waals surface area contributed by atoms with Gasteiger partial charge in [0.15, 0.2) is 11.5 Å². The number of hydrogen-bond acceptors (Lipinski definition) is 4. The summed E-state index contributed by atoms with van der Waals surface area (Å²) in [6.07, 6.45) is 0.575. The lowest BCUT2D eigenvalue weighted by Gasteiger charge is -2.14. The Labute approximate surface area is 162 Å². The molecule has 0 aliphatic carbocycles. The van der Waals surface area contributed by atoms with Crippen molar-refractivity contribution in [2.24, 2.45) is 0 Å². The predicted molar refractivity (Wildman–Crippen MR) is 105 cm³/mol. The van der Waals surface area contributed by atoms with Gasteiger partial charge in [-0.25, -0.2) is 4.39 Å². The van der Waals surface area contributed by atoms with Crippen molar-refractivity contribution in [3.63, 3.8) is 0 Å². The molecule has 28 heavy (non-hydrogen) atoms. The summed E-state index contributed by atoms with van der Waals surface area (Å²) in [4.78, 5) is 15.8. The molecular weight excluding hydrogens is 363 g/mol. The van der Waals surface area contributed by atoms with E-state index < -0.39 is 0 Å². The van der Waals surface area contributed by atoms with Crippen LogP contribution in [0.5, 0.6) is 17.2 Å². The van der Waals surface area contributed by atoms with E-state index in [2.05, 4.69) is 10.3 Å². The fraction of sp³-hybridized carbons (Fsp3) is 0.286. The van der Waals surface area contributed by atoms with Crippen LogP contribution in [0.3, 0.4) is 0 Å². The number of methoxy groups -OCH3 is 3. The predicted octanol–water partition coefficient (Wildman–Crippen LogP) is 3.61. The molecule has 3 aromatic rings. The van der Waals surface area contributed by atoms with Crippen molar-refractivity contribution in [3.8, 4) is 17.2 Å². The lowest BCUT2D eigenvalue weighted by Crippen LogP contribution is -2.26. The quantitative estimate of drug-likeness (QED) is 0.651. The standard InChI is InChI=1S/C21H23FN2O4/c1-12-15(16-11-14(22)5-6-17(16)24-12)7-8-23-21(25)13-9-18(26-2)20(28-4)19(10-13)27-3/h5-6,9-11,24H,7-8H2,1-4H3,(H,23,25). The van der Waals surface area contributed by atoms with Crippen molar-refractivity contribution in [2.45, 2.75) is 13.3 Å². The summed E-state index contributed by atoms with van der Waals surface area (Å²) >= 11 is 0. The smallest absolute Gasteiger partial charge is 0.251 e. The van der Waals surface area contributed by atoms with Crippen molar-refractivity contribution >= 4 is 16.8 Å². The summed E-state index contributed by atoms with van der Waals surface area (Å²) in [6.45, 7) is 2.34. The molecule has 0 radical (unpaired) electrons. The molecule has 3 rings (SSSR count). The summed E-state index contributed by atoms with van der Waals surface area (Å²) in [6, 6.07) is 7.85. The molecule has 7 heteroatoms. The average Bonchev–Trinajstić information content (AvgIpc) is 3.01. The van der Waals surface area contributed by atoms with Gasteiger partial charge in [0.05, 0.1) is 21.3 Å². The first-order chi connectivity index (χ1) is 13.5. The fourth-order valence-corrected chi connectivity index (χ4v) is 3.29. The SMILES string of the molecule is COc1cc(C(=O)NCCc2c(C)[nH]c3ccc(F)cc23)cc(OC)c1OC. The van der Waals surface area contributed by atoms with Crippen molar-refractivity contribution in [3.05, 3.63) is 53.0 Å². The van der Waals surface area contributed by atoms with Gasteiger partial charge in [0.25, 0.3) is 5.91 Å². The molecule has 0 unspecified atom stereocenters. The molecule has 1 heterocycles. The highest BCUT2D eigenvalue weighted by Crippen LogP contribution is 2.38. The molecule has 0 saturated heterocycles. The number of aromatic nitrogens is 1. The molecule has 0 aliphatic rings. The average molecular weight is 386 g/mol. The summed E-state index contributed by atoms with van der Waals surface area (Å²) in [5, 5.41) is 3.72. The van der Waals surface area contributed by atoms with E-state index in [1.807, 2.05) is 6.92 Å². The van der Waals surface area contributed by atoms with Crippen LogP contribution in [0.15, 0.2) is 30.3 Å². The maximum Gasteiger partial charge on any atom is 0.251 e. The van der Waals surface area contributed by atoms with Gasteiger partial charge in [-0.05, 0) is 49.2 Å². The third-order valence-corrected chi connectivity index (χ3v) is 4.67. The topological polar surface area (TPSA) is 72.6 Å². The Morgan fingerprint density at radius 3 is 2.36 bits per heavy atom. The van der Waals surface area contributed by atoms with Crippen LogP contribution in [0, 0.1) is 12.7 Å². The van der Waals surface area contributed by atoms with E-state index in [1.54, 1.807) is 18.2 Å². The lowest BCUT2D eigenvalue weighted by atomic mass is 10.1. The lowest BCUT2D eigenvalue weighted by molar-refractivity contribution is 0.0953. The molecule has 0 aliphatic heterocycles. The minimum absolute atomic E-state index is 0.261. The zero-order valence-electron chi connectivity index (χ0n) is 16.3. The normalized spacial score (nSPS) is 10.8. The van der Waals surface area contributed by atoms with Gasteiger partial charge < -0.3 is 24.5 Å². The zero-order valence-corrected chi connectivity index (χ0v) is 16.3. The van der Waals surface area contributed by atoms with Crippen molar-refractivity contribution < 1.29 is 23.4 Å². The minimum atomic E-state index is -0.283. The fourth-order valence-electron chi connectivity index (χ4n) is 3.29. The zero-order chi connectivity index (χ0) is 20.3. The van der Waals surface area contributed by atoms with E-state index in [9.17, 15) is 9.18 Å². The maximum atomic E-state index is 13.6. The Hall–Kier alpha value is -3.22. The number of benzene rings is 2. The molecule has 6 nitrogen and oxygen atoms in total. The number of aryl methyl sites for hydroxylation is 1. The van der Waals surface area contributed by atoms with Crippen LogP contribution < -0.4 is 19.5 Å². The number of amides is 1. The molecule has 0 fully saturated rings. The Kier molecular flexibility index (Phi) is 5.73.